The average Bonchev–Trinajstić information content (AvgIpc) is 2.28. The molecule has 0 aliphatic heterocycles. The smallest absolute Gasteiger partial charge is 0.119 e. The van der Waals surface area contributed by atoms with E-state index in [1.54, 1.807) is 7.11 Å². The van der Waals surface area contributed by atoms with Crippen molar-refractivity contribution in [2.45, 2.75) is 12.8 Å². The zero-order valence-electron chi connectivity index (χ0n) is 9.44. The van der Waals surface area contributed by atoms with Crippen LogP contribution in [0, 0.1) is 0 Å². The molecule has 0 radical (unpaired) electrons. The Balaban J connectivity index is 0.00000225. The Morgan fingerprint density at radius 3 is 2.81 bits per heavy atom. The molecule has 0 saturated carbocycles. The van der Waals surface area contributed by atoms with Gasteiger partial charge in [-0.1, -0.05) is 19.1 Å². The normalized spacial score (nSPS) is 12.9. The van der Waals surface area contributed by atoms with Crippen LogP contribution in [0.2, 0.25) is 0 Å². The van der Waals surface area contributed by atoms with Crippen LogP contribution >= 0.6 is 12.4 Å². The molecule has 16 heavy (non-hydrogen) atoms. The van der Waals surface area contributed by atoms with Crippen molar-refractivity contribution in [1.82, 2.24) is 0 Å². The summed E-state index contributed by atoms with van der Waals surface area (Å²) in [7, 11) is 1.61. The van der Waals surface area contributed by atoms with Crippen LogP contribution in [0.3, 0.4) is 0 Å². The van der Waals surface area contributed by atoms with E-state index in [4.69, 9.17) is 10.5 Å². The van der Waals surface area contributed by atoms with Gasteiger partial charge in [-0.15, -0.1) is 12.4 Å². The van der Waals surface area contributed by atoms with E-state index in [1.807, 2.05) is 31.2 Å². The second-order valence-corrected chi connectivity index (χ2v) is 3.38. The average molecular weight is 246 g/mol. The molecule has 0 heterocycles. The van der Waals surface area contributed by atoms with Crippen LogP contribution in [-0.4, -0.2) is 13.7 Å². The van der Waals surface area contributed by atoms with Crippen LogP contribution in [0.5, 0.6) is 5.75 Å². The predicted molar refractivity (Wildman–Crippen MR) is 66.9 cm³/mol. The van der Waals surface area contributed by atoms with Crippen molar-refractivity contribution in [3.63, 3.8) is 0 Å². The van der Waals surface area contributed by atoms with Gasteiger partial charge in [0.15, 0.2) is 0 Å². The van der Waals surface area contributed by atoms with Gasteiger partial charge in [-0.05, 0) is 23.8 Å². The van der Waals surface area contributed by atoms with E-state index in [-0.39, 0.29) is 30.7 Å². The standard InChI is InChI=1S/C12H16FNO.ClH/c1-9(6-11(13)8-14)10-4-3-5-12(7-10)15-2;/h3-7,9H,8,14H2,1-2H3;1H/b11-6-;. The molecule has 4 heteroatoms. The number of halogens is 2. The first-order valence-corrected chi connectivity index (χ1v) is 4.87. The number of hydrogen-bond donors (Lipinski definition) is 1. The second kappa shape index (κ2) is 7.25. The summed E-state index contributed by atoms with van der Waals surface area (Å²) < 4.78 is 18.1. The molecule has 1 aromatic rings. The van der Waals surface area contributed by atoms with Crippen molar-refractivity contribution in [3.05, 3.63) is 41.7 Å². The third-order valence-corrected chi connectivity index (χ3v) is 2.25. The second-order valence-electron chi connectivity index (χ2n) is 3.38. The van der Waals surface area contributed by atoms with Gasteiger partial charge in [0.05, 0.1) is 7.11 Å². The van der Waals surface area contributed by atoms with Crippen molar-refractivity contribution < 1.29 is 9.13 Å². The summed E-state index contributed by atoms with van der Waals surface area (Å²) >= 11 is 0. The van der Waals surface area contributed by atoms with Crippen LogP contribution in [-0.2, 0) is 0 Å². The topological polar surface area (TPSA) is 35.2 Å². The molecule has 0 amide bonds. The first-order chi connectivity index (χ1) is 7.17. The molecule has 1 atom stereocenters. The quantitative estimate of drug-likeness (QED) is 0.885. The van der Waals surface area contributed by atoms with Crippen LogP contribution in [0.15, 0.2) is 36.2 Å². The molecule has 1 rings (SSSR count). The van der Waals surface area contributed by atoms with Gasteiger partial charge in [0.2, 0.25) is 0 Å². The van der Waals surface area contributed by atoms with E-state index >= 15 is 0 Å². The number of nitrogens with two attached hydrogens (primary N) is 1. The molecular formula is C12H17ClFNO. The Morgan fingerprint density at radius 1 is 1.56 bits per heavy atom. The fourth-order valence-electron chi connectivity index (χ4n) is 1.36. The Hall–Kier alpha value is -1.06. The summed E-state index contributed by atoms with van der Waals surface area (Å²) in [5.41, 5.74) is 6.20. The molecule has 2 N–H and O–H groups in total. The summed E-state index contributed by atoms with van der Waals surface area (Å²) in [6.07, 6.45) is 1.52. The van der Waals surface area contributed by atoms with Gasteiger partial charge in [0.25, 0.3) is 0 Å². The number of hydrogen-bond acceptors (Lipinski definition) is 2. The van der Waals surface area contributed by atoms with Crippen molar-refractivity contribution in [2.24, 2.45) is 5.73 Å². The lowest BCUT2D eigenvalue weighted by atomic mass is 10.0. The molecule has 1 aromatic carbocycles. The monoisotopic (exact) mass is 245 g/mol. The minimum absolute atomic E-state index is 0. The Kier molecular flexibility index (Phi) is 6.77. The Bertz CT molecular complexity index is 355. The highest BCUT2D eigenvalue weighted by molar-refractivity contribution is 5.85. The number of benzene rings is 1. The fourth-order valence-corrected chi connectivity index (χ4v) is 1.36. The fraction of sp³-hybridized carbons (Fsp3) is 0.333. The number of rotatable bonds is 4. The molecule has 0 aliphatic carbocycles. The summed E-state index contributed by atoms with van der Waals surface area (Å²) in [5, 5.41) is 0. The first-order valence-electron chi connectivity index (χ1n) is 4.87. The van der Waals surface area contributed by atoms with Crippen LogP contribution < -0.4 is 10.5 Å². The minimum atomic E-state index is -0.287. The molecule has 0 saturated heterocycles. The lowest BCUT2D eigenvalue weighted by molar-refractivity contribution is 0.414. The molecule has 0 spiro atoms. The van der Waals surface area contributed by atoms with Gasteiger partial charge in [-0.25, -0.2) is 4.39 Å². The van der Waals surface area contributed by atoms with Crippen LogP contribution in [0.1, 0.15) is 18.4 Å². The lowest BCUT2D eigenvalue weighted by Gasteiger charge is -2.08. The van der Waals surface area contributed by atoms with E-state index < -0.39 is 0 Å². The SMILES string of the molecule is COc1cccc(C(C)/C=C(\F)CN)c1.Cl. The number of methoxy groups -OCH3 is 1. The van der Waals surface area contributed by atoms with Crippen molar-refractivity contribution in [3.8, 4) is 5.75 Å². The summed E-state index contributed by atoms with van der Waals surface area (Å²) in [6, 6.07) is 7.58. The third kappa shape index (κ3) is 4.21. The summed E-state index contributed by atoms with van der Waals surface area (Å²) in [5.74, 6) is 0.495. The van der Waals surface area contributed by atoms with Crippen molar-refractivity contribution in [2.75, 3.05) is 13.7 Å². The zero-order chi connectivity index (χ0) is 11.3. The maximum absolute atomic E-state index is 13.0. The third-order valence-electron chi connectivity index (χ3n) is 2.25. The maximum atomic E-state index is 13.0. The molecule has 0 fully saturated rings. The van der Waals surface area contributed by atoms with Crippen molar-refractivity contribution >= 4 is 12.4 Å². The molecule has 0 aromatic heterocycles. The highest BCUT2D eigenvalue weighted by Gasteiger charge is 2.04. The van der Waals surface area contributed by atoms with E-state index in [0.717, 1.165) is 11.3 Å². The van der Waals surface area contributed by atoms with E-state index in [0.29, 0.717) is 0 Å². The van der Waals surface area contributed by atoms with Gasteiger partial charge in [0, 0.05) is 12.5 Å². The van der Waals surface area contributed by atoms with Gasteiger partial charge < -0.3 is 10.5 Å². The van der Waals surface area contributed by atoms with Crippen LogP contribution in [0.4, 0.5) is 4.39 Å². The van der Waals surface area contributed by atoms with Gasteiger partial charge >= 0.3 is 0 Å². The Labute approximate surface area is 102 Å². The van der Waals surface area contributed by atoms with Crippen LogP contribution in [0.25, 0.3) is 0 Å². The van der Waals surface area contributed by atoms with E-state index in [1.165, 1.54) is 6.08 Å². The molecule has 2 nitrogen and oxygen atoms in total. The predicted octanol–water partition coefficient (Wildman–Crippen LogP) is 3.03. The number of ether oxygens (including phenoxy) is 1. The summed E-state index contributed by atoms with van der Waals surface area (Å²) in [4.78, 5) is 0. The Morgan fingerprint density at radius 2 is 2.25 bits per heavy atom. The highest BCUT2D eigenvalue weighted by atomic mass is 35.5. The van der Waals surface area contributed by atoms with Gasteiger partial charge in [-0.2, -0.15) is 0 Å². The van der Waals surface area contributed by atoms with E-state index in [9.17, 15) is 4.39 Å². The highest BCUT2D eigenvalue weighted by Crippen LogP contribution is 2.22. The molecule has 0 bridgehead atoms. The maximum Gasteiger partial charge on any atom is 0.119 e. The zero-order valence-corrected chi connectivity index (χ0v) is 10.3. The molecule has 1 unspecified atom stereocenters. The number of allylic oxidation sites excluding steroid dienone is 1. The molecule has 0 aliphatic rings. The largest absolute Gasteiger partial charge is 0.497 e. The first kappa shape index (κ1) is 14.9. The molecular weight excluding hydrogens is 229 g/mol. The lowest BCUT2D eigenvalue weighted by Crippen LogP contribution is -2.00. The van der Waals surface area contributed by atoms with Gasteiger partial charge in [0.1, 0.15) is 11.6 Å². The van der Waals surface area contributed by atoms with Crippen molar-refractivity contribution in [1.29, 1.82) is 0 Å². The summed E-state index contributed by atoms with van der Waals surface area (Å²) in [6.45, 7) is 1.87. The van der Waals surface area contributed by atoms with E-state index in [2.05, 4.69) is 0 Å². The minimum Gasteiger partial charge on any atom is -0.497 e. The van der Waals surface area contributed by atoms with Gasteiger partial charge in [-0.3, -0.25) is 0 Å². The molecule has 90 valence electrons.